The van der Waals surface area contributed by atoms with E-state index in [9.17, 15) is 14.4 Å². The number of anilines is 1. The summed E-state index contributed by atoms with van der Waals surface area (Å²) in [5.74, 6) is -0.648. The number of hydrogen-bond donors (Lipinski definition) is 3. The maximum Gasteiger partial charge on any atom is 0.253 e. The lowest BCUT2D eigenvalue weighted by atomic mass is 10.1. The van der Waals surface area contributed by atoms with Gasteiger partial charge in [0.1, 0.15) is 0 Å². The van der Waals surface area contributed by atoms with Gasteiger partial charge in [-0.2, -0.15) is 0 Å². The third-order valence-corrected chi connectivity index (χ3v) is 4.76. The van der Waals surface area contributed by atoms with Crippen molar-refractivity contribution < 1.29 is 14.4 Å². The Hall–Kier alpha value is -2.22. The molecule has 0 atom stereocenters. The minimum Gasteiger partial charge on any atom is -0.351 e. The summed E-state index contributed by atoms with van der Waals surface area (Å²) in [6.45, 7) is 4.55. The molecule has 0 aliphatic rings. The molecule has 0 bridgehead atoms. The van der Waals surface area contributed by atoms with Gasteiger partial charge in [-0.3, -0.25) is 14.4 Å². The third kappa shape index (κ3) is 6.46. The van der Waals surface area contributed by atoms with Crippen LogP contribution >= 0.6 is 23.7 Å². The van der Waals surface area contributed by atoms with E-state index in [0.717, 1.165) is 9.75 Å². The number of thiophene rings is 1. The zero-order valence-corrected chi connectivity index (χ0v) is 17.0. The number of carbonyl (C=O) groups is 3. The van der Waals surface area contributed by atoms with Crippen molar-refractivity contribution in [2.24, 2.45) is 5.73 Å². The highest BCUT2D eigenvalue weighted by molar-refractivity contribution is 7.12. The molecule has 0 spiro atoms. The molecule has 2 amide bonds. The molecule has 1 aromatic carbocycles. The molecule has 1 aromatic heterocycles. The predicted octanol–water partition coefficient (Wildman–Crippen LogP) is 3.08. The van der Waals surface area contributed by atoms with Gasteiger partial charge in [0, 0.05) is 41.2 Å². The van der Waals surface area contributed by atoms with Gasteiger partial charge in [0.05, 0.1) is 11.3 Å². The summed E-state index contributed by atoms with van der Waals surface area (Å²) in [5, 5.41) is 5.39. The smallest absolute Gasteiger partial charge is 0.253 e. The van der Waals surface area contributed by atoms with Gasteiger partial charge in [0.2, 0.25) is 5.91 Å². The van der Waals surface area contributed by atoms with Gasteiger partial charge < -0.3 is 16.4 Å². The molecule has 0 aliphatic heterocycles. The fourth-order valence-electron chi connectivity index (χ4n) is 2.55. The van der Waals surface area contributed by atoms with E-state index >= 15 is 0 Å². The SMILES string of the molecule is Cc1cc(C(=O)CCC(=O)Nc2ccccc2C(=O)NCCN)c(C)s1.Cl. The molecular weight excluding hydrogens is 386 g/mol. The van der Waals surface area contributed by atoms with Crippen molar-refractivity contribution >= 4 is 47.0 Å². The average molecular weight is 410 g/mol. The first-order chi connectivity index (χ1) is 12.4. The van der Waals surface area contributed by atoms with Gasteiger partial charge in [0.15, 0.2) is 5.78 Å². The van der Waals surface area contributed by atoms with Crippen LogP contribution in [0.5, 0.6) is 0 Å². The lowest BCUT2D eigenvalue weighted by Gasteiger charge is -2.11. The number of carbonyl (C=O) groups excluding carboxylic acids is 3. The van der Waals surface area contributed by atoms with Crippen LogP contribution in [-0.2, 0) is 4.79 Å². The minimum absolute atomic E-state index is 0. The Morgan fingerprint density at radius 1 is 1.07 bits per heavy atom. The summed E-state index contributed by atoms with van der Waals surface area (Å²) in [6.07, 6.45) is 0.191. The van der Waals surface area contributed by atoms with Crippen LogP contribution in [0.2, 0.25) is 0 Å². The molecule has 0 saturated carbocycles. The number of benzene rings is 1. The van der Waals surface area contributed by atoms with Crippen LogP contribution in [-0.4, -0.2) is 30.7 Å². The molecule has 0 unspecified atom stereocenters. The Kier molecular flexibility index (Phi) is 9.14. The van der Waals surface area contributed by atoms with Gasteiger partial charge in [0.25, 0.3) is 5.91 Å². The largest absolute Gasteiger partial charge is 0.351 e. The lowest BCUT2D eigenvalue weighted by molar-refractivity contribution is -0.116. The van der Waals surface area contributed by atoms with Crippen molar-refractivity contribution in [2.75, 3.05) is 18.4 Å². The second-order valence-electron chi connectivity index (χ2n) is 5.89. The van der Waals surface area contributed by atoms with Crippen molar-refractivity contribution in [3.8, 4) is 0 Å². The monoisotopic (exact) mass is 409 g/mol. The van der Waals surface area contributed by atoms with Crippen LogP contribution in [0.25, 0.3) is 0 Å². The van der Waals surface area contributed by atoms with E-state index in [0.29, 0.717) is 29.9 Å². The fraction of sp³-hybridized carbons (Fsp3) is 0.316. The third-order valence-electron chi connectivity index (χ3n) is 3.80. The first-order valence-electron chi connectivity index (χ1n) is 8.39. The second kappa shape index (κ2) is 10.8. The summed E-state index contributed by atoms with van der Waals surface area (Å²) in [7, 11) is 0. The lowest BCUT2D eigenvalue weighted by Crippen LogP contribution is -2.30. The van der Waals surface area contributed by atoms with Crippen LogP contribution in [0.15, 0.2) is 30.3 Å². The van der Waals surface area contributed by atoms with E-state index in [-0.39, 0.29) is 42.8 Å². The van der Waals surface area contributed by atoms with E-state index in [1.165, 1.54) is 0 Å². The molecule has 1 heterocycles. The molecule has 0 radical (unpaired) electrons. The fourth-order valence-corrected chi connectivity index (χ4v) is 3.50. The number of aryl methyl sites for hydroxylation is 2. The predicted molar refractivity (Wildman–Crippen MR) is 111 cm³/mol. The number of halogens is 1. The summed E-state index contributed by atoms with van der Waals surface area (Å²) < 4.78 is 0. The normalized spacial score (nSPS) is 10.0. The molecule has 2 aromatic rings. The van der Waals surface area contributed by atoms with Gasteiger partial charge in [-0.05, 0) is 32.0 Å². The summed E-state index contributed by atoms with van der Waals surface area (Å²) in [4.78, 5) is 38.7. The molecule has 27 heavy (non-hydrogen) atoms. The van der Waals surface area contributed by atoms with Gasteiger partial charge in [-0.15, -0.1) is 23.7 Å². The molecule has 2 rings (SSSR count). The summed E-state index contributed by atoms with van der Waals surface area (Å²) >= 11 is 1.57. The molecule has 0 saturated heterocycles. The van der Waals surface area contributed by atoms with Crippen LogP contribution in [0, 0.1) is 13.8 Å². The van der Waals surface area contributed by atoms with Crippen molar-refractivity contribution in [1.82, 2.24) is 5.32 Å². The molecule has 0 fully saturated rings. The van der Waals surface area contributed by atoms with Crippen molar-refractivity contribution in [3.05, 3.63) is 51.2 Å². The highest BCUT2D eigenvalue weighted by atomic mass is 35.5. The number of Topliss-reactive ketones (excluding diaryl/α,β-unsaturated/α-hetero) is 1. The number of rotatable bonds is 8. The first-order valence-corrected chi connectivity index (χ1v) is 9.21. The van der Waals surface area contributed by atoms with E-state index in [1.54, 1.807) is 35.6 Å². The molecule has 146 valence electrons. The Morgan fingerprint density at radius 3 is 2.41 bits per heavy atom. The second-order valence-corrected chi connectivity index (χ2v) is 7.35. The van der Waals surface area contributed by atoms with E-state index in [4.69, 9.17) is 5.73 Å². The Bertz CT molecular complexity index is 820. The van der Waals surface area contributed by atoms with Gasteiger partial charge in [-0.25, -0.2) is 0 Å². The average Bonchev–Trinajstić information content (AvgIpc) is 2.96. The van der Waals surface area contributed by atoms with Crippen molar-refractivity contribution in [1.29, 1.82) is 0 Å². The van der Waals surface area contributed by atoms with Crippen LogP contribution in [0.3, 0.4) is 0 Å². The number of amides is 2. The summed E-state index contributed by atoms with van der Waals surface area (Å²) in [6, 6.07) is 8.60. The zero-order valence-electron chi connectivity index (χ0n) is 15.3. The molecular formula is C19H24ClN3O3S. The standard InChI is InChI=1S/C19H23N3O3S.ClH/c1-12-11-15(13(2)26-12)17(23)7-8-18(24)22-16-6-4-3-5-14(16)19(25)21-10-9-20;/h3-6,11H,7-10,20H2,1-2H3,(H,21,25)(H,22,24);1H. The van der Waals surface area contributed by atoms with Gasteiger partial charge in [-0.1, -0.05) is 12.1 Å². The molecule has 4 N–H and O–H groups in total. The van der Waals surface area contributed by atoms with Crippen molar-refractivity contribution in [2.45, 2.75) is 26.7 Å². The van der Waals surface area contributed by atoms with Crippen molar-refractivity contribution in [3.63, 3.8) is 0 Å². The Labute approximate surface area is 168 Å². The molecule has 6 nitrogen and oxygen atoms in total. The Balaban J connectivity index is 0.00000364. The topological polar surface area (TPSA) is 101 Å². The minimum atomic E-state index is -0.304. The van der Waals surface area contributed by atoms with E-state index in [2.05, 4.69) is 10.6 Å². The quantitative estimate of drug-likeness (QED) is 0.583. The highest BCUT2D eigenvalue weighted by Crippen LogP contribution is 2.22. The van der Waals surface area contributed by atoms with Crippen LogP contribution in [0.1, 0.15) is 43.3 Å². The highest BCUT2D eigenvalue weighted by Gasteiger charge is 2.16. The van der Waals surface area contributed by atoms with Gasteiger partial charge >= 0.3 is 0 Å². The number of nitrogens with two attached hydrogens (primary N) is 1. The maximum absolute atomic E-state index is 12.3. The molecule has 8 heteroatoms. The number of ketones is 1. The van der Waals surface area contributed by atoms with E-state index < -0.39 is 0 Å². The maximum atomic E-state index is 12.3. The molecule has 0 aliphatic carbocycles. The summed E-state index contributed by atoms with van der Waals surface area (Å²) in [5.41, 5.74) is 6.85. The first kappa shape index (κ1) is 22.8. The number of hydrogen-bond acceptors (Lipinski definition) is 5. The zero-order chi connectivity index (χ0) is 19.1. The van der Waals surface area contributed by atoms with Crippen LogP contribution < -0.4 is 16.4 Å². The Morgan fingerprint density at radius 2 is 1.78 bits per heavy atom. The van der Waals surface area contributed by atoms with Crippen LogP contribution in [0.4, 0.5) is 5.69 Å². The number of nitrogens with one attached hydrogen (secondary N) is 2. The number of para-hydroxylation sites is 1. The van der Waals surface area contributed by atoms with E-state index in [1.807, 2.05) is 19.9 Å².